The van der Waals surface area contributed by atoms with Gasteiger partial charge in [0.25, 0.3) is 0 Å². The van der Waals surface area contributed by atoms with Gasteiger partial charge in [-0.05, 0) is 105 Å². The molecule has 34 heavy (non-hydrogen) atoms. The molecule has 0 bridgehead atoms. The molecule has 3 fully saturated rings. The van der Waals surface area contributed by atoms with E-state index in [9.17, 15) is 5.11 Å². The van der Waals surface area contributed by atoms with E-state index in [4.69, 9.17) is 5.73 Å². The van der Waals surface area contributed by atoms with Gasteiger partial charge in [-0.1, -0.05) is 88.3 Å². The average molecular weight is 480 g/mol. The molecule has 0 aromatic heterocycles. The van der Waals surface area contributed by atoms with Crippen LogP contribution in [0, 0.1) is 40.4 Å². The van der Waals surface area contributed by atoms with E-state index in [-0.39, 0.29) is 21.0 Å². The lowest BCUT2D eigenvalue weighted by Crippen LogP contribution is -2.58. The largest absolute Gasteiger partial charge is 0.393 e. The number of fused-ring (bicyclic) bond motifs is 5. The molecule has 204 valence electrons. The molecule has 3 N–H and O–H groups in total. The smallest absolute Gasteiger partial charge is 0.0543 e. The highest BCUT2D eigenvalue weighted by atomic mass is 16.3. The van der Waals surface area contributed by atoms with Crippen molar-refractivity contribution in [1.29, 1.82) is 0 Å². The van der Waals surface area contributed by atoms with Crippen LogP contribution in [0.2, 0.25) is 0 Å². The monoisotopic (exact) mass is 480 g/mol. The highest BCUT2D eigenvalue weighted by molar-refractivity contribution is 5.26. The summed E-state index contributed by atoms with van der Waals surface area (Å²) < 4.78 is 0. The van der Waals surface area contributed by atoms with Crippen LogP contribution in [0.25, 0.3) is 0 Å². The predicted octanol–water partition coefficient (Wildman–Crippen LogP) is 9.40. The zero-order valence-corrected chi connectivity index (χ0v) is 22.9. The van der Waals surface area contributed by atoms with Crippen LogP contribution >= 0.6 is 0 Å². The third kappa shape index (κ3) is 6.50. The Morgan fingerprint density at radius 3 is 2.29 bits per heavy atom. The maximum Gasteiger partial charge on any atom is 0.0543 e. The number of aliphatic hydroxyl groups is 1. The van der Waals surface area contributed by atoms with Crippen molar-refractivity contribution in [2.45, 2.75) is 153 Å². The number of allylic oxidation sites excluding steroid dienone is 2. The molecule has 4 aliphatic carbocycles. The third-order valence-electron chi connectivity index (χ3n) is 9.85. The van der Waals surface area contributed by atoms with E-state index in [0.717, 1.165) is 31.1 Å². The van der Waals surface area contributed by atoms with E-state index < -0.39 is 0 Å². The zero-order chi connectivity index (χ0) is 24.1. The van der Waals surface area contributed by atoms with Gasteiger partial charge in [0, 0.05) is 6.04 Å². The number of rotatable bonds is 5. The summed E-state index contributed by atoms with van der Waals surface area (Å²) in [5.74, 6) is 3.63. The second-order valence-corrected chi connectivity index (χ2v) is 11.9. The van der Waals surface area contributed by atoms with Crippen LogP contribution in [0.5, 0.6) is 0 Å². The van der Waals surface area contributed by atoms with Gasteiger partial charge >= 0.3 is 0 Å². The van der Waals surface area contributed by atoms with E-state index in [1.54, 1.807) is 5.57 Å². The van der Waals surface area contributed by atoms with Crippen LogP contribution in [0.15, 0.2) is 11.6 Å². The van der Waals surface area contributed by atoms with Crippen LogP contribution in [0.4, 0.5) is 0 Å². The Balaban J connectivity index is 0.00000173. The predicted molar refractivity (Wildman–Crippen MR) is 154 cm³/mol. The first-order chi connectivity index (χ1) is 15.3. The van der Waals surface area contributed by atoms with Gasteiger partial charge in [0.1, 0.15) is 0 Å². The van der Waals surface area contributed by atoms with Crippen molar-refractivity contribution < 1.29 is 5.11 Å². The Morgan fingerprint density at radius 2 is 1.68 bits per heavy atom. The Labute approximate surface area is 215 Å². The van der Waals surface area contributed by atoms with Crippen LogP contribution in [-0.4, -0.2) is 17.3 Å². The zero-order valence-electron chi connectivity index (χ0n) is 22.9. The molecule has 3 saturated carbocycles. The summed E-state index contributed by atoms with van der Waals surface area (Å²) in [4.78, 5) is 0. The van der Waals surface area contributed by atoms with E-state index in [1.807, 2.05) is 27.7 Å². The van der Waals surface area contributed by atoms with Gasteiger partial charge < -0.3 is 10.8 Å². The van der Waals surface area contributed by atoms with Gasteiger partial charge in [0.2, 0.25) is 0 Å². The molecule has 0 amide bonds. The first-order valence-electron chi connectivity index (χ1n) is 14.4. The van der Waals surface area contributed by atoms with Crippen molar-refractivity contribution in [3.63, 3.8) is 0 Å². The van der Waals surface area contributed by atoms with Crippen LogP contribution in [-0.2, 0) is 0 Å². The standard InChI is InChI=1S/C26H45NO.2C2H6.2CH4/c1-17(2)8-11-20(28)15-19-10-13-22-21-12-9-18-7-5-6-14-25(18,3)24(21)23(27)16-26(19,22)4;2*1-2;;/h9,17,19-24,28H,5-8,10-16,27H2,1-4H3;2*1-2H3;2*1H4. The molecule has 4 rings (SSSR count). The molecule has 0 aromatic rings. The number of hydrogen-bond acceptors (Lipinski definition) is 2. The van der Waals surface area contributed by atoms with Crippen LogP contribution in [0.1, 0.15) is 141 Å². The van der Waals surface area contributed by atoms with Crippen LogP contribution < -0.4 is 5.73 Å². The summed E-state index contributed by atoms with van der Waals surface area (Å²) in [6.45, 7) is 17.6. The summed E-state index contributed by atoms with van der Waals surface area (Å²) >= 11 is 0. The lowest BCUT2D eigenvalue weighted by molar-refractivity contribution is -0.0611. The van der Waals surface area contributed by atoms with Crippen LogP contribution in [0.3, 0.4) is 0 Å². The van der Waals surface area contributed by atoms with Gasteiger partial charge in [-0.2, -0.15) is 0 Å². The summed E-state index contributed by atoms with van der Waals surface area (Å²) in [6, 6.07) is 0.339. The van der Waals surface area contributed by atoms with E-state index in [0.29, 0.717) is 34.6 Å². The third-order valence-corrected chi connectivity index (χ3v) is 9.85. The summed E-state index contributed by atoms with van der Waals surface area (Å²) in [5, 5.41) is 10.7. The highest BCUT2D eigenvalue weighted by Gasteiger charge is 2.60. The second kappa shape index (κ2) is 14.4. The first-order valence-corrected chi connectivity index (χ1v) is 14.4. The summed E-state index contributed by atoms with van der Waals surface area (Å²) in [5.41, 5.74) is 9.49. The number of aliphatic hydroxyl groups excluding tert-OH is 1. The molecular formula is C32H65NO. The summed E-state index contributed by atoms with van der Waals surface area (Å²) in [7, 11) is 0. The highest BCUT2D eigenvalue weighted by Crippen LogP contribution is 2.66. The fourth-order valence-corrected chi connectivity index (χ4v) is 8.43. The molecule has 0 aromatic carbocycles. The van der Waals surface area contributed by atoms with Crippen molar-refractivity contribution in [3.05, 3.63) is 11.6 Å². The van der Waals surface area contributed by atoms with Crippen molar-refractivity contribution in [1.82, 2.24) is 0 Å². The molecule has 0 heterocycles. The van der Waals surface area contributed by atoms with E-state index in [1.165, 1.54) is 51.4 Å². The van der Waals surface area contributed by atoms with Crippen molar-refractivity contribution in [2.75, 3.05) is 0 Å². The summed E-state index contributed by atoms with van der Waals surface area (Å²) in [6.07, 6.45) is 16.2. The molecule has 0 saturated heterocycles. The molecule has 8 atom stereocenters. The van der Waals surface area contributed by atoms with Crippen molar-refractivity contribution >= 4 is 0 Å². The Hall–Kier alpha value is -0.340. The lowest BCUT2D eigenvalue weighted by Gasteiger charge is -2.60. The Bertz CT molecular complexity index is 598. The molecule has 8 unspecified atom stereocenters. The Kier molecular flexibility index (Phi) is 14.3. The number of nitrogens with two attached hydrogens (primary N) is 1. The topological polar surface area (TPSA) is 46.2 Å². The molecular weight excluding hydrogens is 414 g/mol. The second-order valence-electron chi connectivity index (χ2n) is 11.9. The fourth-order valence-electron chi connectivity index (χ4n) is 8.43. The van der Waals surface area contributed by atoms with Gasteiger partial charge in [-0.25, -0.2) is 0 Å². The molecule has 0 spiro atoms. The SMILES string of the molecule is C.C.CC.CC.CC(C)CCC(O)CC1CCC2C3CC=C4CCCCC4(C)C3C(N)CC12C. The van der Waals surface area contributed by atoms with Gasteiger partial charge in [-0.3, -0.25) is 0 Å². The van der Waals surface area contributed by atoms with E-state index >= 15 is 0 Å². The molecule has 2 nitrogen and oxygen atoms in total. The van der Waals surface area contributed by atoms with Gasteiger partial charge in [0.05, 0.1) is 6.10 Å². The van der Waals surface area contributed by atoms with Crippen molar-refractivity contribution in [2.24, 2.45) is 46.2 Å². The minimum absolute atomic E-state index is 0. The average Bonchev–Trinajstić information content (AvgIpc) is 3.09. The van der Waals surface area contributed by atoms with Gasteiger partial charge in [0.15, 0.2) is 0 Å². The molecule has 4 aliphatic rings. The normalized spacial score (nSPS) is 38.7. The molecule has 0 aliphatic heterocycles. The number of hydrogen-bond donors (Lipinski definition) is 2. The minimum Gasteiger partial charge on any atom is -0.393 e. The van der Waals surface area contributed by atoms with Gasteiger partial charge in [-0.15, -0.1) is 0 Å². The maximum atomic E-state index is 10.7. The minimum atomic E-state index is -0.120. The quantitative estimate of drug-likeness (QED) is 0.386. The van der Waals surface area contributed by atoms with Crippen molar-refractivity contribution in [3.8, 4) is 0 Å². The Morgan fingerprint density at radius 1 is 1.03 bits per heavy atom. The fraction of sp³-hybridized carbons (Fsp3) is 0.938. The first kappa shape index (κ1) is 33.7. The van der Waals surface area contributed by atoms with E-state index in [2.05, 4.69) is 33.8 Å². The molecule has 2 heteroatoms. The lowest BCUT2D eigenvalue weighted by atomic mass is 9.46. The molecule has 0 radical (unpaired) electrons. The maximum absolute atomic E-state index is 10.7.